The van der Waals surface area contributed by atoms with Gasteiger partial charge >= 0.3 is 0 Å². The third kappa shape index (κ3) is 4.90. The molecule has 0 aromatic heterocycles. The van der Waals surface area contributed by atoms with Crippen LogP contribution in [-0.4, -0.2) is 36.5 Å². The molecule has 1 amide bonds. The molecule has 21 heavy (non-hydrogen) atoms. The van der Waals surface area contributed by atoms with Gasteiger partial charge in [-0.1, -0.05) is 11.6 Å². The van der Waals surface area contributed by atoms with Crippen molar-refractivity contribution in [1.29, 1.82) is 0 Å². The molecule has 1 aliphatic heterocycles. The van der Waals surface area contributed by atoms with Gasteiger partial charge in [0.05, 0.1) is 13.0 Å². The number of piperidine rings is 1. The molecule has 0 bridgehead atoms. The molecule has 1 aliphatic rings. The number of nitrogens with two attached hydrogens (primary N) is 1. The molecule has 1 aromatic carbocycles. The van der Waals surface area contributed by atoms with Crippen molar-refractivity contribution in [2.24, 2.45) is 11.7 Å². The van der Waals surface area contributed by atoms with Crippen LogP contribution in [0.3, 0.4) is 0 Å². The molecule has 1 aromatic rings. The molecule has 4 nitrogen and oxygen atoms in total. The second-order valence-electron chi connectivity index (χ2n) is 5.63. The van der Waals surface area contributed by atoms with E-state index in [1.807, 2.05) is 11.8 Å². The van der Waals surface area contributed by atoms with Crippen LogP contribution in [0.4, 0.5) is 0 Å². The number of hydrogen-bond donors (Lipinski definition) is 1. The zero-order valence-electron chi connectivity index (χ0n) is 12.4. The van der Waals surface area contributed by atoms with Crippen LogP contribution < -0.4 is 10.5 Å². The Morgan fingerprint density at radius 1 is 1.38 bits per heavy atom. The van der Waals surface area contributed by atoms with E-state index < -0.39 is 0 Å². The third-order valence-electron chi connectivity index (χ3n) is 4.03. The van der Waals surface area contributed by atoms with E-state index in [0.29, 0.717) is 24.0 Å². The van der Waals surface area contributed by atoms with Gasteiger partial charge in [-0.2, -0.15) is 0 Å². The predicted octanol–water partition coefficient (Wildman–Crippen LogP) is 2.69. The van der Waals surface area contributed by atoms with Gasteiger partial charge in [0.1, 0.15) is 5.75 Å². The largest absolute Gasteiger partial charge is 0.493 e. The Morgan fingerprint density at radius 2 is 2.00 bits per heavy atom. The molecule has 1 heterocycles. The molecule has 2 rings (SSSR count). The summed E-state index contributed by atoms with van der Waals surface area (Å²) in [5.74, 6) is 1.44. The molecule has 0 spiro atoms. The van der Waals surface area contributed by atoms with Crippen LogP contribution in [0.15, 0.2) is 24.3 Å². The van der Waals surface area contributed by atoms with Crippen LogP contribution in [0.1, 0.15) is 26.2 Å². The SMILES string of the molecule is CC(N)C1CCN(C(=O)CCOc2ccc(Cl)cc2)CC1. The molecule has 116 valence electrons. The highest BCUT2D eigenvalue weighted by Crippen LogP contribution is 2.20. The first-order valence-corrected chi connectivity index (χ1v) is 7.86. The fourth-order valence-electron chi connectivity index (χ4n) is 2.62. The quantitative estimate of drug-likeness (QED) is 0.909. The number of amides is 1. The zero-order valence-corrected chi connectivity index (χ0v) is 13.2. The molecular weight excluding hydrogens is 288 g/mol. The van der Waals surface area contributed by atoms with E-state index in [0.717, 1.165) is 31.7 Å². The molecule has 0 radical (unpaired) electrons. The Labute approximate surface area is 131 Å². The fraction of sp³-hybridized carbons (Fsp3) is 0.562. The van der Waals surface area contributed by atoms with Crippen molar-refractivity contribution in [2.45, 2.75) is 32.2 Å². The van der Waals surface area contributed by atoms with Crippen molar-refractivity contribution in [3.63, 3.8) is 0 Å². The number of carbonyl (C=O) groups excluding carboxylic acids is 1. The van der Waals surface area contributed by atoms with Gasteiger partial charge in [-0.3, -0.25) is 4.79 Å². The van der Waals surface area contributed by atoms with E-state index in [1.165, 1.54) is 0 Å². The number of halogens is 1. The minimum Gasteiger partial charge on any atom is -0.493 e. The van der Waals surface area contributed by atoms with Crippen molar-refractivity contribution in [3.8, 4) is 5.75 Å². The zero-order chi connectivity index (χ0) is 15.2. The number of rotatable bonds is 5. The molecule has 1 saturated heterocycles. The van der Waals surface area contributed by atoms with Gasteiger partial charge in [0.25, 0.3) is 0 Å². The Balaban J connectivity index is 1.69. The summed E-state index contributed by atoms with van der Waals surface area (Å²) >= 11 is 5.81. The second-order valence-corrected chi connectivity index (χ2v) is 6.07. The van der Waals surface area contributed by atoms with Gasteiger partial charge in [0.2, 0.25) is 5.91 Å². The van der Waals surface area contributed by atoms with Gasteiger partial charge in [-0.05, 0) is 49.9 Å². The maximum absolute atomic E-state index is 12.1. The number of ether oxygens (including phenoxy) is 1. The highest BCUT2D eigenvalue weighted by Gasteiger charge is 2.24. The van der Waals surface area contributed by atoms with Crippen molar-refractivity contribution in [2.75, 3.05) is 19.7 Å². The van der Waals surface area contributed by atoms with E-state index >= 15 is 0 Å². The number of benzene rings is 1. The summed E-state index contributed by atoms with van der Waals surface area (Å²) in [6.07, 6.45) is 2.41. The van der Waals surface area contributed by atoms with E-state index in [4.69, 9.17) is 22.1 Å². The maximum atomic E-state index is 12.1. The highest BCUT2D eigenvalue weighted by atomic mass is 35.5. The smallest absolute Gasteiger partial charge is 0.225 e. The summed E-state index contributed by atoms with van der Waals surface area (Å²) in [6.45, 7) is 4.06. The lowest BCUT2D eigenvalue weighted by Gasteiger charge is -2.33. The molecule has 0 saturated carbocycles. The first-order chi connectivity index (χ1) is 10.1. The van der Waals surface area contributed by atoms with Gasteiger partial charge in [-0.25, -0.2) is 0 Å². The van der Waals surface area contributed by atoms with Crippen LogP contribution in [-0.2, 0) is 4.79 Å². The topological polar surface area (TPSA) is 55.6 Å². The van der Waals surface area contributed by atoms with Gasteiger partial charge in [0.15, 0.2) is 0 Å². The number of nitrogens with zero attached hydrogens (tertiary/aromatic N) is 1. The Bertz CT molecular complexity index is 454. The first kappa shape index (κ1) is 16.1. The maximum Gasteiger partial charge on any atom is 0.225 e. The molecule has 1 unspecified atom stereocenters. The lowest BCUT2D eigenvalue weighted by Crippen LogP contribution is -2.42. The van der Waals surface area contributed by atoms with Crippen molar-refractivity contribution in [3.05, 3.63) is 29.3 Å². The predicted molar refractivity (Wildman–Crippen MR) is 84.5 cm³/mol. The molecule has 1 atom stereocenters. The van der Waals surface area contributed by atoms with Gasteiger partial charge in [0, 0.05) is 24.2 Å². The van der Waals surface area contributed by atoms with Crippen molar-refractivity contribution in [1.82, 2.24) is 4.90 Å². The van der Waals surface area contributed by atoms with E-state index in [2.05, 4.69) is 0 Å². The van der Waals surface area contributed by atoms with Crippen LogP contribution in [0.2, 0.25) is 5.02 Å². The van der Waals surface area contributed by atoms with Gasteiger partial charge < -0.3 is 15.4 Å². The van der Waals surface area contributed by atoms with Crippen molar-refractivity contribution < 1.29 is 9.53 Å². The standard InChI is InChI=1S/C16H23ClN2O2/c1-12(18)13-6-9-19(10-7-13)16(20)8-11-21-15-4-2-14(17)3-5-15/h2-5,12-13H,6-11,18H2,1H3. The third-order valence-corrected chi connectivity index (χ3v) is 4.29. The first-order valence-electron chi connectivity index (χ1n) is 7.48. The molecule has 0 aliphatic carbocycles. The minimum atomic E-state index is 0.159. The fourth-order valence-corrected chi connectivity index (χ4v) is 2.75. The summed E-state index contributed by atoms with van der Waals surface area (Å²) in [4.78, 5) is 14.0. The Hall–Kier alpha value is -1.26. The average molecular weight is 311 g/mol. The lowest BCUT2D eigenvalue weighted by molar-refractivity contribution is -0.133. The lowest BCUT2D eigenvalue weighted by atomic mass is 9.91. The van der Waals surface area contributed by atoms with Crippen LogP contribution in [0, 0.1) is 5.92 Å². The summed E-state index contributed by atoms with van der Waals surface area (Å²) in [7, 11) is 0. The Morgan fingerprint density at radius 3 is 2.57 bits per heavy atom. The number of carbonyl (C=O) groups is 1. The van der Waals surface area contributed by atoms with E-state index in [-0.39, 0.29) is 11.9 Å². The monoisotopic (exact) mass is 310 g/mol. The van der Waals surface area contributed by atoms with Crippen LogP contribution in [0.25, 0.3) is 0 Å². The highest BCUT2D eigenvalue weighted by molar-refractivity contribution is 6.30. The average Bonchev–Trinajstić information content (AvgIpc) is 2.49. The minimum absolute atomic E-state index is 0.159. The molecular formula is C16H23ClN2O2. The number of hydrogen-bond acceptors (Lipinski definition) is 3. The van der Waals surface area contributed by atoms with Crippen molar-refractivity contribution >= 4 is 17.5 Å². The molecule has 1 fully saturated rings. The summed E-state index contributed by atoms with van der Waals surface area (Å²) in [5.41, 5.74) is 5.91. The molecule has 2 N–H and O–H groups in total. The Kier molecular flexibility index (Phi) is 5.88. The summed E-state index contributed by atoms with van der Waals surface area (Å²) in [6, 6.07) is 7.38. The summed E-state index contributed by atoms with van der Waals surface area (Å²) in [5, 5.41) is 0.676. The second kappa shape index (κ2) is 7.66. The number of likely N-dealkylation sites (tertiary alicyclic amines) is 1. The summed E-state index contributed by atoms with van der Waals surface area (Å²) < 4.78 is 5.56. The van der Waals surface area contributed by atoms with Crippen LogP contribution >= 0.6 is 11.6 Å². The van der Waals surface area contributed by atoms with E-state index in [1.54, 1.807) is 24.3 Å². The van der Waals surface area contributed by atoms with E-state index in [9.17, 15) is 4.79 Å². The normalized spacial score (nSPS) is 17.6. The molecule has 5 heteroatoms. The van der Waals surface area contributed by atoms with Crippen LogP contribution in [0.5, 0.6) is 5.75 Å². The van der Waals surface area contributed by atoms with Gasteiger partial charge in [-0.15, -0.1) is 0 Å².